The van der Waals surface area contributed by atoms with E-state index in [0.29, 0.717) is 23.7 Å². The van der Waals surface area contributed by atoms with Gasteiger partial charge in [-0.15, -0.1) is 0 Å². The summed E-state index contributed by atoms with van der Waals surface area (Å²) >= 11 is 0. The predicted octanol–water partition coefficient (Wildman–Crippen LogP) is 3.28. The molecule has 0 atom stereocenters. The third-order valence-electron chi connectivity index (χ3n) is 5.95. The van der Waals surface area contributed by atoms with E-state index in [1.54, 1.807) is 36.4 Å². The minimum Gasteiger partial charge on any atom is -0.493 e. The lowest BCUT2D eigenvalue weighted by molar-refractivity contribution is -0.119. The molecule has 34 heavy (non-hydrogen) atoms. The molecule has 1 aliphatic heterocycles. The number of hydrogen-bond donors (Lipinski definition) is 1. The normalized spacial score (nSPS) is 14.8. The second-order valence-electron chi connectivity index (χ2n) is 8.32. The van der Waals surface area contributed by atoms with Crippen LogP contribution in [0.5, 0.6) is 11.5 Å². The van der Waals surface area contributed by atoms with Crippen LogP contribution in [0.25, 0.3) is 0 Å². The summed E-state index contributed by atoms with van der Waals surface area (Å²) in [4.78, 5) is 15.4. The predicted molar refractivity (Wildman–Crippen MR) is 133 cm³/mol. The van der Waals surface area contributed by atoms with Gasteiger partial charge in [-0.3, -0.25) is 9.10 Å². The van der Waals surface area contributed by atoms with Gasteiger partial charge < -0.3 is 19.7 Å². The number of ether oxygens (including phenoxy) is 2. The Bertz CT molecular complexity index is 1020. The zero-order chi connectivity index (χ0) is 24.4. The van der Waals surface area contributed by atoms with E-state index in [4.69, 9.17) is 9.47 Å². The van der Waals surface area contributed by atoms with Crippen molar-refractivity contribution in [2.45, 2.75) is 37.0 Å². The van der Waals surface area contributed by atoms with Crippen LogP contribution in [0.2, 0.25) is 0 Å². The molecule has 1 fully saturated rings. The highest BCUT2D eigenvalue weighted by Crippen LogP contribution is 2.33. The van der Waals surface area contributed by atoms with Gasteiger partial charge in [0.1, 0.15) is 6.54 Å². The third-order valence-corrected chi connectivity index (χ3v) is 7.73. The molecule has 1 saturated heterocycles. The Labute approximate surface area is 202 Å². The lowest BCUT2D eigenvalue weighted by Crippen LogP contribution is -2.41. The van der Waals surface area contributed by atoms with Crippen molar-refractivity contribution in [3.05, 3.63) is 48.5 Å². The minimum atomic E-state index is -3.98. The van der Waals surface area contributed by atoms with Crippen molar-refractivity contribution in [2.24, 2.45) is 0 Å². The number of anilines is 1. The number of hydrogen-bond acceptors (Lipinski definition) is 6. The van der Waals surface area contributed by atoms with Gasteiger partial charge in [0.25, 0.3) is 10.0 Å². The van der Waals surface area contributed by atoms with E-state index in [9.17, 15) is 13.2 Å². The van der Waals surface area contributed by atoms with E-state index in [2.05, 4.69) is 10.2 Å². The molecular formula is C25H35N3O5S. The van der Waals surface area contributed by atoms with Crippen molar-refractivity contribution in [2.75, 3.05) is 51.2 Å². The summed E-state index contributed by atoms with van der Waals surface area (Å²) in [6.07, 6.45) is 5.85. The summed E-state index contributed by atoms with van der Waals surface area (Å²) in [5.74, 6) is 0.498. The van der Waals surface area contributed by atoms with Gasteiger partial charge in [-0.25, -0.2) is 8.42 Å². The van der Waals surface area contributed by atoms with E-state index < -0.39 is 10.0 Å². The first kappa shape index (κ1) is 25.8. The van der Waals surface area contributed by atoms with Gasteiger partial charge in [-0.1, -0.05) is 31.0 Å². The summed E-state index contributed by atoms with van der Waals surface area (Å²) in [5.41, 5.74) is 0.321. The molecule has 9 heteroatoms. The highest BCUT2D eigenvalue weighted by molar-refractivity contribution is 7.92. The van der Waals surface area contributed by atoms with Gasteiger partial charge in [0, 0.05) is 12.6 Å². The number of methoxy groups -OCH3 is 2. The minimum absolute atomic E-state index is 0.110. The van der Waals surface area contributed by atoms with E-state index in [1.165, 1.54) is 52.0 Å². The first-order valence-corrected chi connectivity index (χ1v) is 13.2. The maximum absolute atomic E-state index is 13.5. The topological polar surface area (TPSA) is 88.2 Å². The Morgan fingerprint density at radius 3 is 2.29 bits per heavy atom. The molecule has 0 aromatic heterocycles. The van der Waals surface area contributed by atoms with Crippen LogP contribution < -0.4 is 19.1 Å². The van der Waals surface area contributed by atoms with Crippen molar-refractivity contribution < 1.29 is 22.7 Å². The Hall–Kier alpha value is -2.78. The molecule has 3 rings (SSSR count). The molecule has 1 amide bonds. The molecule has 1 N–H and O–H groups in total. The fraction of sp³-hybridized carbons (Fsp3) is 0.480. The fourth-order valence-corrected chi connectivity index (χ4v) is 5.53. The fourth-order valence-electron chi connectivity index (χ4n) is 4.09. The highest BCUT2D eigenvalue weighted by atomic mass is 32.2. The Balaban J connectivity index is 1.72. The van der Waals surface area contributed by atoms with Gasteiger partial charge in [0.2, 0.25) is 5.91 Å². The molecular weight excluding hydrogens is 454 g/mol. The molecule has 0 aliphatic carbocycles. The summed E-state index contributed by atoms with van der Waals surface area (Å²) in [6.45, 7) is 3.31. The summed E-state index contributed by atoms with van der Waals surface area (Å²) in [5, 5.41) is 2.89. The van der Waals surface area contributed by atoms with E-state index in [1.807, 2.05) is 0 Å². The van der Waals surface area contributed by atoms with Crippen molar-refractivity contribution in [1.29, 1.82) is 0 Å². The number of rotatable bonds is 11. The van der Waals surface area contributed by atoms with Crippen LogP contribution in [-0.2, 0) is 14.8 Å². The smallest absolute Gasteiger partial charge is 0.264 e. The van der Waals surface area contributed by atoms with E-state index >= 15 is 0 Å². The summed E-state index contributed by atoms with van der Waals surface area (Å²) in [6, 6.07) is 12.9. The van der Waals surface area contributed by atoms with Crippen molar-refractivity contribution in [3.8, 4) is 11.5 Å². The number of likely N-dealkylation sites (tertiary alicyclic amines) is 1. The van der Waals surface area contributed by atoms with Crippen molar-refractivity contribution in [3.63, 3.8) is 0 Å². The maximum atomic E-state index is 13.5. The molecule has 8 nitrogen and oxygen atoms in total. The largest absolute Gasteiger partial charge is 0.493 e. The Morgan fingerprint density at radius 2 is 1.65 bits per heavy atom. The molecule has 0 spiro atoms. The zero-order valence-electron chi connectivity index (χ0n) is 20.0. The van der Waals surface area contributed by atoms with Gasteiger partial charge in [0.05, 0.1) is 24.8 Å². The van der Waals surface area contributed by atoms with Crippen LogP contribution in [0, 0.1) is 0 Å². The van der Waals surface area contributed by atoms with E-state index in [0.717, 1.165) is 30.4 Å². The number of carbonyl (C=O) groups excluding carboxylic acids is 1. The first-order valence-electron chi connectivity index (χ1n) is 11.7. The number of amides is 1. The van der Waals surface area contributed by atoms with Gasteiger partial charge in [-0.05, 0) is 63.2 Å². The monoisotopic (exact) mass is 489 g/mol. The second kappa shape index (κ2) is 12.6. The average Bonchev–Trinajstić information content (AvgIpc) is 3.14. The van der Waals surface area contributed by atoms with Gasteiger partial charge in [0.15, 0.2) is 11.5 Å². The van der Waals surface area contributed by atoms with Crippen LogP contribution >= 0.6 is 0 Å². The van der Waals surface area contributed by atoms with Crippen LogP contribution in [-0.4, -0.2) is 66.2 Å². The number of carbonyl (C=O) groups is 1. The SMILES string of the molecule is COc1ccc(N(CC(=O)NCCCN2CCCCCC2)S(=O)(=O)c2ccccc2)cc1OC. The standard InChI is InChI=1S/C25H35N3O5S/c1-32-23-14-13-21(19-24(23)33-2)28(34(30,31)22-11-6-5-7-12-22)20-25(29)26-15-10-18-27-16-8-3-4-9-17-27/h5-7,11-14,19H,3-4,8-10,15-18,20H2,1-2H3,(H,26,29). The number of sulfonamides is 1. The van der Waals surface area contributed by atoms with Crippen LogP contribution in [0.1, 0.15) is 32.1 Å². The molecule has 2 aromatic rings. The Morgan fingerprint density at radius 1 is 0.971 bits per heavy atom. The number of nitrogens with one attached hydrogen (secondary N) is 1. The highest BCUT2D eigenvalue weighted by Gasteiger charge is 2.28. The molecule has 2 aromatic carbocycles. The lowest BCUT2D eigenvalue weighted by atomic mass is 10.2. The number of benzene rings is 2. The first-order chi connectivity index (χ1) is 16.5. The molecule has 0 radical (unpaired) electrons. The van der Waals surface area contributed by atoms with Crippen LogP contribution in [0.3, 0.4) is 0 Å². The quantitative estimate of drug-likeness (QED) is 0.488. The van der Waals surface area contributed by atoms with Crippen molar-refractivity contribution >= 4 is 21.6 Å². The zero-order valence-corrected chi connectivity index (χ0v) is 20.9. The molecule has 1 heterocycles. The summed E-state index contributed by atoms with van der Waals surface area (Å²) < 4.78 is 38.6. The Kier molecular flexibility index (Phi) is 9.59. The lowest BCUT2D eigenvalue weighted by Gasteiger charge is -2.25. The van der Waals surface area contributed by atoms with Crippen LogP contribution in [0.15, 0.2) is 53.4 Å². The molecule has 0 bridgehead atoms. The van der Waals surface area contributed by atoms with Gasteiger partial charge >= 0.3 is 0 Å². The molecule has 1 aliphatic rings. The molecule has 186 valence electrons. The van der Waals surface area contributed by atoms with Gasteiger partial charge in [-0.2, -0.15) is 0 Å². The number of nitrogens with zero attached hydrogens (tertiary/aromatic N) is 2. The summed E-state index contributed by atoms with van der Waals surface area (Å²) in [7, 11) is -0.988. The average molecular weight is 490 g/mol. The maximum Gasteiger partial charge on any atom is 0.264 e. The second-order valence-corrected chi connectivity index (χ2v) is 10.2. The molecule has 0 unspecified atom stereocenters. The third kappa shape index (κ3) is 6.87. The molecule has 0 saturated carbocycles. The van der Waals surface area contributed by atoms with Crippen molar-refractivity contribution in [1.82, 2.24) is 10.2 Å². The van der Waals surface area contributed by atoms with E-state index in [-0.39, 0.29) is 17.3 Å². The van der Waals surface area contributed by atoms with Crippen LogP contribution in [0.4, 0.5) is 5.69 Å².